The van der Waals surface area contributed by atoms with Crippen LogP contribution in [-0.4, -0.2) is 35.4 Å². The Balaban J connectivity index is 1.84. The summed E-state index contributed by atoms with van der Waals surface area (Å²) in [6, 6.07) is 15.3. The number of Topliss-reactive ketones (excluding diaryl/α,β-unsaturated/α-hetero) is 1. The van der Waals surface area contributed by atoms with E-state index in [1.165, 1.54) is 0 Å². The molecular formula is C23H25N3O4. The fraction of sp³-hybridized carbons (Fsp3) is 0.261. The van der Waals surface area contributed by atoms with E-state index < -0.39 is 24.6 Å². The second-order valence-electron chi connectivity index (χ2n) is 7.51. The number of para-hydroxylation sites is 1. The zero-order valence-corrected chi connectivity index (χ0v) is 17.0. The van der Waals surface area contributed by atoms with Gasteiger partial charge in [0.25, 0.3) is 0 Å². The fourth-order valence-corrected chi connectivity index (χ4v) is 3.42. The van der Waals surface area contributed by atoms with Crippen LogP contribution in [0.1, 0.15) is 30.6 Å². The summed E-state index contributed by atoms with van der Waals surface area (Å²) >= 11 is 0. The Kier molecular flexibility index (Phi) is 6.51. The second kappa shape index (κ2) is 9.26. The number of amides is 2. The molecule has 0 radical (unpaired) electrons. The number of aromatic amines is 1. The van der Waals surface area contributed by atoms with Crippen LogP contribution < -0.4 is 11.1 Å². The van der Waals surface area contributed by atoms with Gasteiger partial charge in [0.05, 0.1) is 11.3 Å². The van der Waals surface area contributed by atoms with Crippen LogP contribution >= 0.6 is 0 Å². The number of primary amides is 1. The van der Waals surface area contributed by atoms with Gasteiger partial charge in [-0.3, -0.25) is 4.79 Å². The molecule has 1 heterocycles. The van der Waals surface area contributed by atoms with E-state index >= 15 is 0 Å². The van der Waals surface area contributed by atoms with Gasteiger partial charge in [-0.2, -0.15) is 0 Å². The van der Waals surface area contributed by atoms with Gasteiger partial charge in [0.2, 0.25) is 5.78 Å². The van der Waals surface area contributed by atoms with Crippen LogP contribution in [0.25, 0.3) is 22.2 Å². The Hall–Kier alpha value is -3.61. The van der Waals surface area contributed by atoms with E-state index in [0.29, 0.717) is 17.7 Å². The number of esters is 1. The highest BCUT2D eigenvalue weighted by Crippen LogP contribution is 2.30. The molecule has 0 aliphatic carbocycles. The number of carbonyl (C=O) groups is 3. The normalized spacial score (nSPS) is 12.0. The first-order valence-electron chi connectivity index (χ1n) is 9.78. The summed E-state index contributed by atoms with van der Waals surface area (Å²) in [4.78, 5) is 40.0. The van der Waals surface area contributed by atoms with Crippen LogP contribution in [0.4, 0.5) is 4.79 Å². The van der Waals surface area contributed by atoms with Crippen molar-refractivity contribution < 1.29 is 19.1 Å². The number of hydrogen-bond acceptors (Lipinski definition) is 4. The highest BCUT2D eigenvalue weighted by molar-refractivity contribution is 6.14. The average Bonchev–Trinajstić information content (AvgIpc) is 3.11. The summed E-state index contributed by atoms with van der Waals surface area (Å²) in [5.41, 5.74) is 7.97. The van der Waals surface area contributed by atoms with E-state index in [2.05, 4.69) is 10.3 Å². The SMILES string of the molecule is CC(C)C[C@@H](NC(N)=O)C(=O)OCC(=O)c1c(-c2ccccc2)[nH]c2ccccc12. The number of benzene rings is 2. The van der Waals surface area contributed by atoms with Gasteiger partial charge in [0.15, 0.2) is 6.61 Å². The molecule has 0 aliphatic heterocycles. The smallest absolute Gasteiger partial charge is 0.329 e. The molecule has 30 heavy (non-hydrogen) atoms. The number of carbonyl (C=O) groups excluding carboxylic acids is 3. The van der Waals surface area contributed by atoms with Crippen molar-refractivity contribution >= 4 is 28.7 Å². The van der Waals surface area contributed by atoms with Gasteiger partial charge < -0.3 is 20.8 Å². The van der Waals surface area contributed by atoms with Gasteiger partial charge >= 0.3 is 12.0 Å². The fourth-order valence-electron chi connectivity index (χ4n) is 3.42. The quantitative estimate of drug-likeness (QED) is 0.391. The lowest BCUT2D eigenvalue weighted by Gasteiger charge is -2.18. The molecule has 2 amide bonds. The number of ketones is 1. The molecule has 1 aromatic heterocycles. The number of rotatable bonds is 8. The van der Waals surface area contributed by atoms with Gasteiger partial charge in [-0.15, -0.1) is 0 Å². The van der Waals surface area contributed by atoms with E-state index in [4.69, 9.17) is 10.5 Å². The van der Waals surface area contributed by atoms with Crippen molar-refractivity contribution in [2.45, 2.75) is 26.3 Å². The van der Waals surface area contributed by atoms with Crippen molar-refractivity contribution in [2.75, 3.05) is 6.61 Å². The largest absolute Gasteiger partial charge is 0.456 e. The van der Waals surface area contributed by atoms with E-state index in [1.54, 1.807) is 0 Å². The lowest BCUT2D eigenvalue weighted by atomic mass is 10.0. The number of hydrogen-bond donors (Lipinski definition) is 3. The minimum atomic E-state index is -0.896. The Labute approximate surface area is 174 Å². The molecule has 0 saturated heterocycles. The molecule has 0 spiro atoms. The maximum atomic E-state index is 13.1. The molecule has 3 aromatic rings. The minimum absolute atomic E-state index is 0.128. The van der Waals surface area contributed by atoms with Gasteiger partial charge in [0.1, 0.15) is 6.04 Å². The average molecular weight is 407 g/mol. The summed E-state index contributed by atoms with van der Waals surface area (Å²) in [5.74, 6) is -0.887. The molecule has 1 atom stereocenters. The number of H-pyrrole nitrogens is 1. The maximum absolute atomic E-state index is 13.1. The summed E-state index contributed by atoms with van der Waals surface area (Å²) in [6.07, 6.45) is 0.359. The lowest BCUT2D eigenvalue weighted by molar-refractivity contribution is -0.145. The highest BCUT2D eigenvalue weighted by Gasteiger charge is 2.25. The molecule has 4 N–H and O–H groups in total. The number of aromatic nitrogens is 1. The van der Waals surface area contributed by atoms with E-state index in [-0.39, 0.29) is 11.7 Å². The lowest BCUT2D eigenvalue weighted by Crippen LogP contribution is -2.45. The van der Waals surface area contributed by atoms with E-state index in [1.807, 2.05) is 68.4 Å². The third-order valence-corrected chi connectivity index (χ3v) is 4.70. The second-order valence-corrected chi connectivity index (χ2v) is 7.51. The van der Waals surface area contributed by atoms with Crippen molar-refractivity contribution in [1.82, 2.24) is 10.3 Å². The number of nitrogens with one attached hydrogen (secondary N) is 2. The molecule has 0 unspecified atom stereocenters. The Bertz CT molecular complexity index is 1060. The van der Waals surface area contributed by atoms with Crippen molar-refractivity contribution in [3.63, 3.8) is 0 Å². The molecule has 156 valence electrons. The molecule has 7 heteroatoms. The number of nitrogens with two attached hydrogens (primary N) is 1. The molecule has 0 fully saturated rings. The predicted octanol–water partition coefficient (Wildman–Crippen LogP) is 3.64. The van der Waals surface area contributed by atoms with Crippen LogP contribution in [0, 0.1) is 5.92 Å². The monoisotopic (exact) mass is 407 g/mol. The number of ether oxygens (including phenoxy) is 1. The third kappa shape index (κ3) is 4.86. The number of fused-ring (bicyclic) bond motifs is 1. The maximum Gasteiger partial charge on any atom is 0.329 e. The van der Waals surface area contributed by atoms with E-state index in [0.717, 1.165) is 16.5 Å². The van der Waals surface area contributed by atoms with Crippen molar-refractivity contribution in [3.05, 3.63) is 60.2 Å². The summed E-state index contributed by atoms with van der Waals surface area (Å²) in [6.45, 7) is 3.38. The minimum Gasteiger partial charge on any atom is -0.456 e. The Morgan fingerprint density at radius 3 is 2.37 bits per heavy atom. The number of urea groups is 1. The molecule has 0 aliphatic rings. The van der Waals surface area contributed by atoms with Gasteiger partial charge in [-0.25, -0.2) is 9.59 Å². The molecule has 0 saturated carbocycles. The standard InChI is InChI=1S/C23H25N3O4/c1-14(2)12-18(26-23(24)29)22(28)30-13-19(27)20-16-10-6-7-11-17(16)25-21(20)15-8-4-3-5-9-15/h3-11,14,18,25H,12-13H2,1-2H3,(H3,24,26,29)/t18-/m1/s1. The van der Waals surface area contributed by atoms with Crippen LogP contribution in [0.3, 0.4) is 0 Å². The molecule has 2 aromatic carbocycles. The first-order chi connectivity index (χ1) is 14.4. The van der Waals surface area contributed by atoms with Crippen LogP contribution in [0.5, 0.6) is 0 Å². The molecule has 7 nitrogen and oxygen atoms in total. The zero-order valence-electron chi connectivity index (χ0n) is 17.0. The first-order valence-corrected chi connectivity index (χ1v) is 9.78. The Morgan fingerprint density at radius 1 is 1.03 bits per heavy atom. The summed E-state index contributed by atoms with van der Waals surface area (Å²) in [5, 5.41) is 3.14. The summed E-state index contributed by atoms with van der Waals surface area (Å²) in [7, 11) is 0. The van der Waals surface area contributed by atoms with Crippen molar-refractivity contribution in [3.8, 4) is 11.3 Å². The molecule has 3 rings (SSSR count). The van der Waals surface area contributed by atoms with Crippen LogP contribution in [0.2, 0.25) is 0 Å². The van der Waals surface area contributed by atoms with Crippen molar-refractivity contribution in [2.24, 2.45) is 11.7 Å². The van der Waals surface area contributed by atoms with E-state index in [9.17, 15) is 14.4 Å². The molecular weight excluding hydrogens is 382 g/mol. The topological polar surface area (TPSA) is 114 Å². The zero-order chi connectivity index (χ0) is 21.7. The first kappa shape index (κ1) is 21.1. The van der Waals surface area contributed by atoms with Crippen molar-refractivity contribution in [1.29, 1.82) is 0 Å². The third-order valence-electron chi connectivity index (χ3n) is 4.70. The predicted molar refractivity (Wildman–Crippen MR) is 115 cm³/mol. The van der Waals surface area contributed by atoms with Gasteiger partial charge in [-0.05, 0) is 24.0 Å². The van der Waals surface area contributed by atoms with Crippen LogP contribution in [-0.2, 0) is 9.53 Å². The van der Waals surface area contributed by atoms with Crippen LogP contribution in [0.15, 0.2) is 54.6 Å². The molecule has 0 bridgehead atoms. The highest BCUT2D eigenvalue weighted by atomic mass is 16.5. The summed E-state index contributed by atoms with van der Waals surface area (Å²) < 4.78 is 5.26. The van der Waals surface area contributed by atoms with Gasteiger partial charge in [0, 0.05) is 10.9 Å². The Morgan fingerprint density at radius 2 is 1.70 bits per heavy atom. The van der Waals surface area contributed by atoms with Gasteiger partial charge in [-0.1, -0.05) is 62.4 Å².